The lowest BCUT2D eigenvalue weighted by Crippen LogP contribution is -2.41. The second-order valence-corrected chi connectivity index (χ2v) is 13.8. The second kappa shape index (κ2) is 8.64. The summed E-state index contributed by atoms with van der Waals surface area (Å²) in [4.78, 5) is 27.7. The highest BCUT2D eigenvalue weighted by molar-refractivity contribution is 6.63. The van der Waals surface area contributed by atoms with Crippen molar-refractivity contribution in [1.29, 1.82) is 0 Å². The van der Waals surface area contributed by atoms with Crippen LogP contribution in [0.5, 0.6) is 0 Å². The van der Waals surface area contributed by atoms with Crippen LogP contribution in [0.3, 0.4) is 0 Å². The zero-order valence-corrected chi connectivity index (χ0v) is 25.4. The van der Waals surface area contributed by atoms with E-state index in [2.05, 4.69) is 0 Å². The molecule has 0 spiro atoms. The molecule has 4 aromatic carbocycles. The van der Waals surface area contributed by atoms with Crippen LogP contribution >= 0.6 is 0 Å². The number of ketones is 2. The third-order valence-corrected chi connectivity index (χ3v) is 10.0. The minimum atomic E-state index is -0.512. The molecule has 0 unspecified atom stereocenters. The molecule has 2 saturated heterocycles. The predicted molar refractivity (Wildman–Crippen MR) is 166 cm³/mol. The van der Waals surface area contributed by atoms with Crippen LogP contribution in [0.1, 0.15) is 87.2 Å². The van der Waals surface area contributed by atoms with Crippen LogP contribution < -0.4 is 10.9 Å². The molecule has 7 rings (SSSR count). The molecule has 0 amide bonds. The van der Waals surface area contributed by atoms with Crippen LogP contribution in [0.4, 0.5) is 0 Å². The van der Waals surface area contributed by atoms with Crippen molar-refractivity contribution < 1.29 is 28.2 Å². The Kier molecular flexibility index (Phi) is 5.66. The summed E-state index contributed by atoms with van der Waals surface area (Å²) >= 11 is 0. The Morgan fingerprint density at radius 1 is 0.429 bits per heavy atom. The van der Waals surface area contributed by atoms with Gasteiger partial charge in [-0.2, -0.15) is 0 Å². The Bertz CT molecular complexity index is 1690. The summed E-state index contributed by atoms with van der Waals surface area (Å²) in [6, 6.07) is 19.1. The number of carbonyl (C=O) groups is 2. The van der Waals surface area contributed by atoms with E-state index in [4.69, 9.17) is 18.6 Å². The topological polar surface area (TPSA) is 71.1 Å². The van der Waals surface area contributed by atoms with Crippen molar-refractivity contribution in [2.24, 2.45) is 0 Å². The van der Waals surface area contributed by atoms with Gasteiger partial charge in [0.2, 0.25) is 0 Å². The van der Waals surface area contributed by atoms with Crippen molar-refractivity contribution in [3.63, 3.8) is 0 Å². The fourth-order valence-corrected chi connectivity index (χ4v) is 5.93. The van der Waals surface area contributed by atoms with Gasteiger partial charge < -0.3 is 18.6 Å². The largest absolute Gasteiger partial charge is 0.494 e. The molecule has 42 heavy (non-hydrogen) atoms. The Morgan fingerprint density at radius 2 is 0.714 bits per heavy atom. The molecule has 0 aromatic heterocycles. The first-order chi connectivity index (χ1) is 19.6. The minimum Gasteiger partial charge on any atom is -0.399 e. The Balaban J connectivity index is 1.26. The Morgan fingerprint density at radius 3 is 1.02 bits per heavy atom. The molecule has 2 fully saturated rings. The molecule has 0 radical (unpaired) electrons. The average molecular weight is 560 g/mol. The van der Waals surface area contributed by atoms with E-state index in [1.165, 1.54) is 0 Å². The van der Waals surface area contributed by atoms with Crippen LogP contribution in [0.2, 0.25) is 0 Å². The van der Waals surface area contributed by atoms with E-state index in [-0.39, 0.29) is 11.6 Å². The summed E-state index contributed by atoms with van der Waals surface area (Å²) in [6.07, 6.45) is 0. The van der Waals surface area contributed by atoms with Crippen molar-refractivity contribution in [1.82, 2.24) is 0 Å². The number of fused-ring (bicyclic) bond motifs is 4. The van der Waals surface area contributed by atoms with Gasteiger partial charge in [0, 0.05) is 22.3 Å². The maximum absolute atomic E-state index is 13.8. The summed E-state index contributed by atoms with van der Waals surface area (Å²) in [7, 11) is -1.02. The number of rotatable bonds is 2. The Hall–Kier alpha value is -3.29. The van der Waals surface area contributed by atoms with Crippen molar-refractivity contribution in [3.8, 4) is 0 Å². The lowest BCUT2D eigenvalue weighted by Gasteiger charge is -2.32. The van der Waals surface area contributed by atoms with Crippen molar-refractivity contribution in [2.45, 2.75) is 77.8 Å². The molecule has 6 nitrogen and oxygen atoms in total. The summed E-state index contributed by atoms with van der Waals surface area (Å²) < 4.78 is 25.0. The van der Waals surface area contributed by atoms with Crippen LogP contribution in [0.25, 0.3) is 21.5 Å². The van der Waals surface area contributed by atoms with Gasteiger partial charge in [0.25, 0.3) is 0 Å². The number of carbonyl (C=O) groups excluding carboxylic acids is 2. The average Bonchev–Trinajstić information content (AvgIpc) is 3.28. The standard InChI is InChI=1S/C34H34B2O6/c1-31(2)32(3,4)40-35(39-31)23-11-9-19-15-25-27(17-21(19)13-23)29(37)26-16-20-10-12-24(14-22(20)18-28(26)30(25)38)36-41-33(5,6)34(7,8)42-36/h9-18H,1-8H3. The van der Waals surface area contributed by atoms with Crippen molar-refractivity contribution in [3.05, 3.63) is 82.9 Å². The van der Waals surface area contributed by atoms with Gasteiger partial charge in [-0.25, -0.2) is 0 Å². The van der Waals surface area contributed by atoms with Gasteiger partial charge in [0.05, 0.1) is 22.4 Å². The van der Waals surface area contributed by atoms with Gasteiger partial charge in [-0.3, -0.25) is 9.59 Å². The Labute approximate surface area is 247 Å². The first-order valence-corrected chi connectivity index (χ1v) is 14.5. The molecule has 212 valence electrons. The maximum atomic E-state index is 13.8. The van der Waals surface area contributed by atoms with Gasteiger partial charge in [-0.1, -0.05) is 36.4 Å². The first kappa shape index (κ1) is 27.5. The lowest BCUT2D eigenvalue weighted by atomic mass is 9.76. The zero-order valence-electron chi connectivity index (χ0n) is 25.4. The molecule has 0 bridgehead atoms. The van der Waals surface area contributed by atoms with E-state index in [9.17, 15) is 9.59 Å². The molecule has 0 N–H and O–H groups in total. The first-order valence-electron chi connectivity index (χ1n) is 14.5. The summed E-state index contributed by atoms with van der Waals surface area (Å²) in [6.45, 7) is 16.2. The van der Waals surface area contributed by atoms with Crippen LogP contribution in [-0.4, -0.2) is 48.2 Å². The lowest BCUT2D eigenvalue weighted by molar-refractivity contribution is 0.00578. The number of hydrogen-bond acceptors (Lipinski definition) is 6. The fourth-order valence-electron chi connectivity index (χ4n) is 5.93. The van der Waals surface area contributed by atoms with Crippen LogP contribution in [0, 0.1) is 0 Å². The van der Waals surface area contributed by atoms with E-state index in [0.29, 0.717) is 22.3 Å². The highest BCUT2D eigenvalue weighted by atomic mass is 16.7. The second-order valence-electron chi connectivity index (χ2n) is 13.8. The van der Waals surface area contributed by atoms with Gasteiger partial charge >= 0.3 is 14.2 Å². The van der Waals surface area contributed by atoms with Crippen LogP contribution in [0.15, 0.2) is 60.7 Å². The SMILES string of the molecule is CC1(C)OB(c2ccc3cc4c(cc3c2)C(=O)c2cc3ccc(B5OC(C)(C)C(C)(C)O5)cc3cc2C4=O)OC1(C)C. The highest BCUT2D eigenvalue weighted by Crippen LogP contribution is 2.39. The summed E-state index contributed by atoms with van der Waals surface area (Å²) in [5.41, 5.74) is 1.60. The molecule has 1 aliphatic carbocycles. The predicted octanol–water partition coefficient (Wildman–Crippen LogP) is 5.37. The maximum Gasteiger partial charge on any atom is 0.494 e. The zero-order chi connectivity index (χ0) is 30.0. The normalized spacial score (nSPS) is 21.7. The molecule has 4 aromatic rings. The monoisotopic (exact) mass is 560 g/mol. The molecule has 2 aliphatic heterocycles. The van der Waals surface area contributed by atoms with E-state index in [1.54, 1.807) is 0 Å². The summed E-state index contributed by atoms with van der Waals surface area (Å²) in [5, 5.41) is 3.47. The van der Waals surface area contributed by atoms with E-state index < -0.39 is 36.6 Å². The van der Waals surface area contributed by atoms with Crippen molar-refractivity contribution >= 4 is 58.3 Å². The number of benzene rings is 4. The highest BCUT2D eigenvalue weighted by Gasteiger charge is 2.52. The fraction of sp³-hybridized carbons (Fsp3) is 0.353. The third kappa shape index (κ3) is 3.96. The molecule has 3 aliphatic rings. The van der Waals surface area contributed by atoms with Gasteiger partial charge in [-0.05, 0) is 112 Å². The van der Waals surface area contributed by atoms with Crippen LogP contribution in [-0.2, 0) is 18.6 Å². The third-order valence-electron chi connectivity index (χ3n) is 10.0. The molecule has 0 saturated carbocycles. The van der Waals surface area contributed by atoms with E-state index in [1.807, 2.05) is 116 Å². The van der Waals surface area contributed by atoms with Gasteiger partial charge in [0.15, 0.2) is 11.6 Å². The molecule has 2 heterocycles. The molecule has 8 heteroatoms. The van der Waals surface area contributed by atoms with Gasteiger partial charge in [0.1, 0.15) is 0 Å². The quantitative estimate of drug-likeness (QED) is 0.271. The molecule has 0 atom stereocenters. The number of hydrogen-bond donors (Lipinski definition) is 0. The van der Waals surface area contributed by atoms with E-state index >= 15 is 0 Å². The van der Waals surface area contributed by atoms with Crippen molar-refractivity contribution in [2.75, 3.05) is 0 Å². The molecular formula is C34H34B2O6. The minimum absolute atomic E-state index is 0.153. The van der Waals surface area contributed by atoms with Gasteiger partial charge in [-0.15, -0.1) is 0 Å². The summed E-state index contributed by atoms with van der Waals surface area (Å²) in [5.74, 6) is -0.307. The smallest absolute Gasteiger partial charge is 0.399 e. The molecular weight excluding hydrogens is 526 g/mol. The van der Waals surface area contributed by atoms with E-state index in [0.717, 1.165) is 32.5 Å².